The van der Waals surface area contributed by atoms with Gasteiger partial charge >= 0.3 is 0 Å². The van der Waals surface area contributed by atoms with Crippen LogP contribution in [-0.4, -0.2) is 15.0 Å². The highest BCUT2D eigenvalue weighted by atomic mass is 32.1. The van der Waals surface area contributed by atoms with Crippen molar-refractivity contribution in [2.24, 2.45) is 0 Å². The second kappa shape index (κ2) is 11.6. The summed E-state index contributed by atoms with van der Waals surface area (Å²) in [5.74, 6) is 1.86. The molecule has 0 saturated heterocycles. The molecule has 234 valence electrons. The highest BCUT2D eigenvalue weighted by molar-refractivity contribution is 7.26. The highest BCUT2D eigenvalue weighted by Gasteiger charge is 2.21. The molecular formula is C45H27N3OS. The van der Waals surface area contributed by atoms with E-state index in [0.717, 1.165) is 49.8 Å². The van der Waals surface area contributed by atoms with E-state index in [9.17, 15) is 0 Å². The molecule has 10 rings (SSSR count). The highest BCUT2D eigenvalue weighted by Crippen LogP contribution is 2.46. The molecule has 50 heavy (non-hydrogen) atoms. The molecule has 0 spiro atoms. The molecule has 4 nitrogen and oxygen atoms in total. The summed E-state index contributed by atoms with van der Waals surface area (Å²) in [5.41, 5.74) is 8.99. The minimum atomic E-state index is 0.605. The maximum absolute atomic E-state index is 6.85. The number of benzene rings is 7. The predicted molar refractivity (Wildman–Crippen MR) is 207 cm³/mol. The summed E-state index contributed by atoms with van der Waals surface area (Å²) in [6, 6.07) is 56.7. The van der Waals surface area contributed by atoms with E-state index in [-0.39, 0.29) is 0 Å². The predicted octanol–water partition coefficient (Wildman–Crippen LogP) is 12.5. The zero-order chi connectivity index (χ0) is 33.0. The lowest BCUT2D eigenvalue weighted by Gasteiger charge is -2.10. The Hall–Kier alpha value is -6.43. The molecule has 0 saturated carbocycles. The fourth-order valence-electron chi connectivity index (χ4n) is 7.04. The quantitative estimate of drug-likeness (QED) is 0.185. The van der Waals surface area contributed by atoms with Gasteiger partial charge < -0.3 is 4.42 Å². The molecule has 0 bridgehead atoms. The summed E-state index contributed by atoms with van der Waals surface area (Å²) >= 11 is 1.84. The van der Waals surface area contributed by atoms with Crippen molar-refractivity contribution in [2.45, 2.75) is 0 Å². The number of rotatable bonds is 5. The van der Waals surface area contributed by atoms with Gasteiger partial charge in [0, 0.05) is 53.2 Å². The third kappa shape index (κ3) is 4.71. The van der Waals surface area contributed by atoms with Gasteiger partial charge in [-0.1, -0.05) is 140 Å². The molecule has 0 N–H and O–H groups in total. The lowest BCUT2D eigenvalue weighted by Crippen LogP contribution is -2.00. The third-order valence-corrected chi connectivity index (χ3v) is 10.5. The SMILES string of the molecule is c1ccc(-c2cc(-c3cccc4c3oc3cccc(-c5nc(-c6ccccc6)nc(-c6ccccc6)n5)c34)c3c(c2)sc2ccccc23)cc1. The molecule has 0 radical (unpaired) electrons. The fourth-order valence-corrected chi connectivity index (χ4v) is 8.21. The Kier molecular flexibility index (Phi) is 6.64. The van der Waals surface area contributed by atoms with Crippen molar-refractivity contribution in [1.82, 2.24) is 15.0 Å². The smallest absolute Gasteiger partial charge is 0.164 e. The lowest BCUT2D eigenvalue weighted by molar-refractivity contribution is 0.670. The van der Waals surface area contributed by atoms with Gasteiger partial charge in [0.05, 0.1) is 0 Å². The van der Waals surface area contributed by atoms with Gasteiger partial charge in [-0.15, -0.1) is 11.3 Å². The Balaban J connectivity index is 1.24. The van der Waals surface area contributed by atoms with Gasteiger partial charge in [0.1, 0.15) is 11.2 Å². The minimum Gasteiger partial charge on any atom is -0.455 e. The average molecular weight is 658 g/mol. The summed E-state index contributed by atoms with van der Waals surface area (Å²) in [7, 11) is 0. The van der Waals surface area contributed by atoms with Crippen LogP contribution in [0, 0.1) is 0 Å². The van der Waals surface area contributed by atoms with Crippen LogP contribution >= 0.6 is 11.3 Å². The van der Waals surface area contributed by atoms with Crippen molar-refractivity contribution in [3.05, 3.63) is 164 Å². The lowest BCUT2D eigenvalue weighted by atomic mass is 9.93. The van der Waals surface area contributed by atoms with Crippen molar-refractivity contribution >= 4 is 53.4 Å². The van der Waals surface area contributed by atoms with Crippen molar-refractivity contribution in [1.29, 1.82) is 0 Å². The normalized spacial score (nSPS) is 11.6. The first kappa shape index (κ1) is 28.6. The van der Waals surface area contributed by atoms with Crippen LogP contribution < -0.4 is 0 Å². The zero-order valence-electron chi connectivity index (χ0n) is 26.7. The van der Waals surface area contributed by atoms with E-state index >= 15 is 0 Å². The van der Waals surface area contributed by atoms with Gasteiger partial charge in [-0.3, -0.25) is 0 Å². The van der Waals surface area contributed by atoms with Crippen LogP contribution in [0.3, 0.4) is 0 Å². The van der Waals surface area contributed by atoms with Crippen LogP contribution in [0.25, 0.3) is 98.5 Å². The maximum atomic E-state index is 6.85. The number of hydrogen-bond acceptors (Lipinski definition) is 5. The summed E-state index contributed by atoms with van der Waals surface area (Å²) in [6.07, 6.45) is 0. The molecule has 3 heterocycles. The monoisotopic (exact) mass is 657 g/mol. The topological polar surface area (TPSA) is 51.8 Å². The van der Waals surface area contributed by atoms with Crippen LogP contribution in [0.2, 0.25) is 0 Å². The molecular weight excluding hydrogens is 631 g/mol. The van der Waals surface area contributed by atoms with Crippen LogP contribution in [0.5, 0.6) is 0 Å². The number of para-hydroxylation sites is 1. The van der Waals surface area contributed by atoms with Gasteiger partial charge in [-0.25, -0.2) is 15.0 Å². The van der Waals surface area contributed by atoms with E-state index in [1.807, 2.05) is 84.1 Å². The second-order valence-corrected chi connectivity index (χ2v) is 13.4. The zero-order valence-corrected chi connectivity index (χ0v) is 27.6. The molecule has 3 aromatic heterocycles. The Morgan fingerprint density at radius 3 is 1.68 bits per heavy atom. The molecule has 5 heteroatoms. The van der Waals surface area contributed by atoms with E-state index in [1.54, 1.807) is 0 Å². The summed E-state index contributed by atoms with van der Waals surface area (Å²) in [6.45, 7) is 0. The number of fused-ring (bicyclic) bond motifs is 6. The first-order chi connectivity index (χ1) is 24.8. The number of nitrogens with zero attached hydrogens (tertiary/aromatic N) is 3. The number of thiophene rings is 1. The summed E-state index contributed by atoms with van der Waals surface area (Å²) < 4.78 is 9.37. The molecule has 0 aliphatic rings. The first-order valence-electron chi connectivity index (χ1n) is 16.6. The molecule has 0 atom stereocenters. The average Bonchev–Trinajstić information content (AvgIpc) is 3.77. The number of aromatic nitrogens is 3. The van der Waals surface area contributed by atoms with Crippen molar-refractivity contribution in [3.63, 3.8) is 0 Å². The number of furan rings is 1. The Bertz CT molecular complexity index is 2800. The fraction of sp³-hybridized carbons (Fsp3) is 0. The minimum absolute atomic E-state index is 0.605. The second-order valence-electron chi connectivity index (χ2n) is 12.4. The molecule has 0 fully saturated rings. The Morgan fingerprint density at radius 2 is 0.960 bits per heavy atom. The molecule has 0 amide bonds. The largest absolute Gasteiger partial charge is 0.455 e. The van der Waals surface area contributed by atoms with Crippen LogP contribution in [-0.2, 0) is 0 Å². The van der Waals surface area contributed by atoms with Crippen molar-refractivity contribution in [3.8, 4) is 56.4 Å². The summed E-state index contributed by atoms with van der Waals surface area (Å²) in [5, 5.41) is 4.51. The van der Waals surface area contributed by atoms with Gasteiger partial charge in [0.25, 0.3) is 0 Å². The first-order valence-corrected chi connectivity index (χ1v) is 17.4. The standard InChI is InChI=1S/C45H27N3OS/c1-4-14-28(15-5-1)31-26-36(41-33-20-10-11-25-38(33)50-39(41)27-31)32-21-12-22-34-40-35(23-13-24-37(40)49-42(32)34)45-47-43(29-16-6-2-7-17-29)46-44(48-45)30-18-8-3-9-19-30/h1-27H. The van der Waals surface area contributed by atoms with E-state index in [0.29, 0.717) is 17.5 Å². The molecule has 0 unspecified atom stereocenters. The van der Waals surface area contributed by atoms with E-state index in [2.05, 4.69) is 91.0 Å². The van der Waals surface area contributed by atoms with Crippen LogP contribution in [0.15, 0.2) is 168 Å². The molecule has 0 aliphatic carbocycles. The maximum Gasteiger partial charge on any atom is 0.164 e. The molecule has 7 aromatic carbocycles. The third-order valence-electron chi connectivity index (χ3n) is 9.34. The van der Waals surface area contributed by atoms with E-state index < -0.39 is 0 Å². The van der Waals surface area contributed by atoms with Gasteiger partial charge in [-0.2, -0.15) is 0 Å². The van der Waals surface area contributed by atoms with Crippen LogP contribution in [0.1, 0.15) is 0 Å². The van der Waals surface area contributed by atoms with Gasteiger partial charge in [0.2, 0.25) is 0 Å². The van der Waals surface area contributed by atoms with E-state index in [1.165, 1.54) is 31.3 Å². The number of hydrogen-bond donors (Lipinski definition) is 0. The Labute approximate surface area is 292 Å². The molecule has 10 aromatic rings. The van der Waals surface area contributed by atoms with Gasteiger partial charge in [0.15, 0.2) is 17.5 Å². The summed E-state index contributed by atoms with van der Waals surface area (Å²) in [4.78, 5) is 15.1. The van der Waals surface area contributed by atoms with Crippen molar-refractivity contribution in [2.75, 3.05) is 0 Å². The Morgan fingerprint density at radius 1 is 0.380 bits per heavy atom. The van der Waals surface area contributed by atoms with Crippen LogP contribution in [0.4, 0.5) is 0 Å². The van der Waals surface area contributed by atoms with Crippen molar-refractivity contribution < 1.29 is 4.42 Å². The van der Waals surface area contributed by atoms with E-state index in [4.69, 9.17) is 19.4 Å². The van der Waals surface area contributed by atoms with Gasteiger partial charge in [-0.05, 0) is 41.0 Å². The molecule has 0 aliphatic heterocycles.